The molecule has 4 nitrogen and oxygen atoms in total. The third kappa shape index (κ3) is 4.44. The van der Waals surface area contributed by atoms with Crippen molar-refractivity contribution in [3.05, 3.63) is 28.5 Å². The predicted molar refractivity (Wildman–Crippen MR) is 81.5 cm³/mol. The number of amides is 1. The van der Waals surface area contributed by atoms with E-state index in [0.29, 0.717) is 18.2 Å². The van der Waals surface area contributed by atoms with Gasteiger partial charge in [-0.2, -0.15) is 0 Å². The van der Waals surface area contributed by atoms with Gasteiger partial charge in [-0.25, -0.2) is 4.98 Å². The largest absolute Gasteiger partial charge is 0.346 e. The van der Waals surface area contributed by atoms with Crippen LogP contribution in [-0.4, -0.2) is 23.5 Å². The van der Waals surface area contributed by atoms with Crippen molar-refractivity contribution in [3.63, 3.8) is 0 Å². The highest BCUT2D eigenvalue weighted by atomic mass is 79.9. The number of hydrogen-bond acceptors (Lipinski definition) is 3. The lowest BCUT2D eigenvalue weighted by atomic mass is 9.98. The van der Waals surface area contributed by atoms with Gasteiger partial charge in [-0.15, -0.1) is 12.4 Å². The summed E-state index contributed by atoms with van der Waals surface area (Å²) in [6, 6.07) is 3.60. The van der Waals surface area contributed by atoms with Crippen LogP contribution in [0.5, 0.6) is 0 Å². The second-order valence-electron chi connectivity index (χ2n) is 4.72. The SMILES string of the molecule is Cl.NCC(NC(=O)c1ccc(Br)cn1)C1CCCC1. The molecule has 1 saturated carbocycles. The minimum Gasteiger partial charge on any atom is -0.346 e. The van der Waals surface area contributed by atoms with Crippen molar-refractivity contribution in [2.75, 3.05) is 6.54 Å². The van der Waals surface area contributed by atoms with E-state index in [0.717, 1.165) is 17.3 Å². The van der Waals surface area contributed by atoms with E-state index in [9.17, 15) is 4.79 Å². The first-order valence-electron chi connectivity index (χ1n) is 6.33. The fourth-order valence-corrected chi connectivity index (χ4v) is 2.72. The van der Waals surface area contributed by atoms with Gasteiger partial charge < -0.3 is 11.1 Å². The molecular formula is C13H19BrClN3O. The lowest BCUT2D eigenvalue weighted by Crippen LogP contribution is -2.44. The number of nitrogens with two attached hydrogens (primary N) is 1. The number of pyridine rings is 1. The smallest absolute Gasteiger partial charge is 0.270 e. The van der Waals surface area contributed by atoms with Gasteiger partial charge in [0.25, 0.3) is 5.91 Å². The molecule has 0 saturated heterocycles. The van der Waals surface area contributed by atoms with Crippen molar-refractivity contribution in [3.8, 4) is 0 Å². The number of nitrogens with zero attached hydrogens (tertiary/aromatic N) is 1. The summed E-state index contributed by atoms with van der Waals surface area (Å²) in [4.78, 5) is 16.1. The molecule has 0 aromatic carbocycles. The zero-order valence-corrected chi connectivity index (χ0v) is 13.0. The Balaban J connectivity index is 0.00000180. The third-order valence-electron chi connectivity index (χ3n) is 3.50. The maximum absolute atomic E-state index is 12.0. The summed E-state index contributed by atoms with van der Waals surface area (Å²) < 4.78 is 0.866. The Kier molecular flexibility index (Phi) is 6.75. The lowest BCUT2D eigenvalue weighted by Gasteiger charge is -2.22. The number of halogens is 2. The minimum absolute atomic E-state index is 0. The summed E-state index contributed by atoms with van der Waals surface area (Å²) in [6.07, 6.45) is 6.44. The summed E-state index contributed by atoms with van der Waals surface area (Å²) in [7, 11) is 0. The quantitative estimate of drug-likeness (QED) is 0.878. The highest BCUT2D eigenvalue weighted by Crippen LogP contribution is 2.27. The molecule has 1 atom stereocenters. The van der Waals surface area contributed by atoms with Gasteiger partial charge >= 0.3 is 0 Å². The predicted octanol–water partition coefficient (Wildman–Crippen LogP) is 2.51. The van der Waals surface area contributed by atoms with Crippen molar-refractivity contribution in [2.24, 2.45) is 11.7 Å². The summed E-state index contributed by atoms with van der Waals surface area (Å²) in [6.45, 7) is 0.493. The molecule has 0 bridgehead atoms. The van der Waals surface area contributed by atoms with Gasteiger partial charge in [-0.3, -0.25) is 4.79 Å². The average molecular weight is 349 g/mol. The fourth-order valence-electron chi connectivity index (χ4n) is 2.48. The van der Waals surface area contributed by atoms with Crippen LogP contribution in [0.1, 0.15) is 36.2 Å². The molecule has 6 heteroatoms. The molecule has 106 valence electrons. The van der Waals surface area contributed by atoms with Crippen LogP contribution >= 0.6 is 28.3 Å². The Morgan fingerprint density at radius 3 is 2.68 bits per heavy atom. The molecule has 1 aliphatic carbocycles. The van der Waals surface area contributed by atoms with Crippen molar-refractivity contribution >= 4 is 34.2 Å². The van der Waals surface area contributed by atoms with Gasteiger partial charge in [0, 0.05) is 23.3 Å². The average Bonchev–Trinajstić information content (AvgIpc) is 2.90. The molecule has 1 heterocycles. The van der Waals surface area contributed by atoms with Gasteiger partial charge in [0.05, 0.1) is 0 Å². The van der Waals surface area contributed by atoms with Crippen LogP contribution in [0.25, 0.3) is 0 Å². The van der Waals surface area contributed by atoms with E-state index in [1.54, 1.807) is 12.3 Å². The minimum atomic E-state index is -0.134. The second-order valence-corrected chi connectivity index (χ2v) is 5.64. The highest BCUT2D eigenvalue weighted by Gasteiger charge is 2.25. The van der Waals surface area contributed by atoms with Gasteiger partial charge in [-0.1, -0.05) is 12.8 Å². The van der Waals surface area contributed by atoms with E-state index in [1.807, 2.05) is 6.07 Å². The Bertz CT molecular complexity index is 407. The van der Waals surface area contributed by atoms with Gasteiger partial charge in [-0.05, 0) is 46.8 Å². The van der Waals surface area contributed by atoms with Crippen LogP contribution in [0.15, 0.2) is 22.8 Å². The molecule has 1 aliphatic rings. The lowest BCUT2D eigenvalue weighted by molar-refractivity contribution is 0.0919. The van der Waals surface area contributed by atoms with Crippen LogP contribution in [0.4, 0.5) is 0 Å². The number of rotatable bonds is 4. The molecule has 19 heavy (non-hydrogen) atoms. The van der Waals surface area contributed by atoms with Crippen molar-refractivity contribution in [1.82, 2.24) is 10.3 Å². The Hall–Kier alpha value is -0.650. The number of carbonyl (C=O) groups excluding carboxylic acids is 1. The Morgan fingerprint density at radius 1 is 1.47 bits per heavy atom. The number of hydrogen-bond donors (Lipinski definition) is 2. The number of aromatic nitrogens is 1. The molecule has 1 aromatic rings. The van der Waals surface area contributed by atoms with Crippen molar-refractivity contribution in [2.45, 2.75) is 31.7 Å². The van der Waals surface area contributed by atoms with Crippen LogP contribution in [-0.2, 0) is 0 Å². The summed E-state index contributed by atoms with van der Waals surface area (Å²) >= 11 is 3.30. The first-order valence-corrected chi connectivity index (χ1v) is 7.12. The summed E-state index contributed by atoms with van der Waals surface area (Å²) in [5.41, 5.74) is 6.20. The van der Waals surface area contributed by atoms with E-state index < -0.39 is 0 Å². The van der Waals surface area contributed by atoms with Gasteiger partial charge in [0.15, 0.2) is 0 Å². The molecule has 3 N–H and O–H groups in total. The maximum atomic E-state index is 12.0. The molecule has 0 radical (unpaired) electrons. The summed E-state index contributed by atoms with van der Waals surface area (Å²) in [5, 5.41) is 3.00. The van der Waals surface area contributed by atoms with E-state index in [4.69, 9.17) is 5.73 Å². The van der Waals surface area contributed by atoms with Crippen LogP contribution in [0, 0.1) is 5.92 Å². The summed E-state index contributed by atoms with van der Waals surface area (Å²) in [5.74, 6) is 0.388. The van der Waals surface area contributed by atoms with Crippen LogP contribution < -0.4 is 11.1 Å². The van der Waals surface area contributed by atoms with E-state index >= 15 is 0 Å². The number of carbonyl (C=O) groups is 1. The first-order chi connectivity index (χ1) is 8.70. The van der Waals surface area contributed by atoms with Gasteiger partial charge in [0.1, 0.15) is 5.69 Å². The Morgan fingerprint density at radius 2 is 2.16 bits per heavy atom. The molecule has 1 fully saturated rings. The Labute approximate surface area is 128 Å². The van der Waals surface area contributed by atoms with Crippen molar-refractivity contribution < 1.29 is 4.79 Å². The standard InChI is InChI=1S/C13H18BrN3O.ClH/c14-10-5-6-11(16-8-10)13(18)17-12(7-15)9-3-1-2-4-9;/h5-6,8-9,12H,1-4,7,15H2,(H,17,18);1H. The molecule has 1 aromatic heterocycles. The van der Waals surface area contributed by atoms with E-state index in [2.05, 4.69) is 26.2 Å². The zero-order chi connectivity index (χ0) is 13.0. The normalized spacial score (nSPS) is 16.7. The highest BCUT2D eigenvalue weighted by molar-refractivity contribution is 9.10. The molecule has 1 unspecified atom stereocenters. The van der Waals surface area contributed by atoms with Gasteiger partial charge in [0.2, 0.25) is 0 Å². The van der Waals surface area contributed by atoms with E-state index in [1.165, 1.54) is 12.8 Å². The monoisotopic (exact) mass is 347 g/mol. The van der Waals surface area contributed by atoms with Crippen LogP contribution in [0.2, 0.25) is 0 Å². The topological polar surface area (TPSA) is 68.0 Å². The fraction of sp³-hybridized carbons (Fsp3) is 0.538. The second kappa shape index (κ2) is 7.82. The first kappa shape index (κ1) is 16.4. The van der Waals surface area contributed by atoms with E-state index in [-0.39, 0.29) is 24.4 Å². The molecule has 1 amide bonds. The maximum Gasteiger partial charge on any atom is 0.270 e. The molecule has 0 spiro atoms. The van der Waals surface area contributed by atoms with Crippen LogP contribution in [0.3, 0.4) is 0 Å². The zero-order valence-electron chi connectivity index (χ0n) is 10.6. The molecular weight excluding hydrogens is 330 g/mol. The third-order valence-corrected chi connectivity index (χ3v) is 3.97. The number of nitrogens with one attached hydrogen (secondary N) is 1. The molecule has 2 rings (SSSR count). The van der Waals surface area contributed by atoms with Crippen molar-refractivity contribution in [1.29, 1.82) is 0 Å². The molecule has 0 aliphatic heterocycles.